The van der Waals surface area contributed by atoms with Crippen LogP contribution in [-0.2, 0) is 0 Å². The Morgan fingerprint density at radius 3 is 1.93 bits per heavy atom. The number of quaternary nitrogens is 1. The molecule has 0 aromatic rings. The first-order chi connectivity index (χ1) is 6.64. The molecule has 2 nitrogen and oxygen atoms in total. The van der Waals surface area contributed by atoms with Crippen molar-refractivity contribution >= 4 is 0 Å². The van der Waals surface area contributed by atoms with Crippen LogP contribution in [-0.4, -0.2) is 29.0 Å². The molecule has 0 spiro atoms. The predicted octanol–water partition coefficient (Wildman–Crippen LogP) is 3.59. The Hall–Kier alpha value is -0.0800. The second-order valence-electron chi connectivity index (χ2n) is 4.18. The normalized spacial score (nSPS) is 14.4. The number of unbranched alkanes of at least 4 members (excludes halogenated alkanes) is 2. The summed E-state index contributed by atoms with van der Waals surface area (Å²) in [7, 11) is 0. The molecule has 1 N–H and O–H groups in total. The average Bonchev–Trinajstić information content (AvgIpc) is 2.23. The number of nitrogens with zero attached hydrogens (tertiary/aromatic N) is 1. The van der Waals surface area contributed by atoms with Crippen LogP contribution in [0.4, 0.5) is 0 Å². The van der Waals surface area contributed by atoms with Gasteiger partial charge in [0.2, 0.25) is 0 Å². The zero-order valence-corrected chi connectivity index (χ0v) is 10.4. The predicted molar refractivity (Wildman–Crippen MR) is 61.3 cm³/mol. The maximum atomic E-state index is 10.3. The van der Waals surface area contributed by atoms with E-state index in [0.29, 0.717) is 6.04 Å². The van der Waals surface area contributed by atoms with Crippen molar-refractivity contribution in [1.82, 2.24) is 0 Å². The van der Waals surface area contributed by atoms with Crippen LogP contribution in [0.2, 0.25) is 0 Å². The van der Waals surface area contributed by atoms with E-state index in [9.17, 15) is 5.21 Å². The minimum absolute atomic E-state index is 0.264. The molecule has 0 saturated carbocycles. The van der Waals surface area contributed by atoms with Crippen molar-refractivity contribution in [2.24, 2.45) is 0 Å². The smallest absolute Gasteiger partial charge is 0.119 e. The van der Waals surface area contributed by atoms with Gasteiger partial charge in [-0.2, -0.15) is 4.65 Å². The third-order valence-corrected chi connectivity index (χ3v) is 3.39. The third kappa shape index (κ3) is 3.97. The van der Waals surface area contributed by atoms with E-state index in [1.54, 1.807) is 0 Å². The molecule has 1 atom stereocenters. The Kier molecular flexibility index (Phi) is 7.20. The van der Waals surface area contributed by atoms with E-state index in [4.69, 9.17) is 0 Å². The maximum Gasteiger partial charge on any atom is 0.119 e. The standard InChI is InChI=1S/C12H28NO/c1-5-9-10-11-12(6-2)13(14,7-3)8-4/h12,14H,5-11H2,1-4H3/q+1. The molecule has 0 radical (unpaired) electrons. The fourth-order valence-corrected chi connectivity index (χ4v) is 2.15. The molecule has 0 amide bonds. The Bertz CT molecular complexity index is 132. The molecule has 0 aliphatic carbocycles. The summed E-state index contributed by atoms with van der Waals surface area (Å²) in [5.74, 6) is 0. The average molecular weight is 202 g/mol. The molecule has 0 aromatic heterocycles. The molecule has 0 aliphatic heterocycles. The summed E-state index contributed by atoms with van der Waals surface area (Å²) in [5.41, 5.74) is 0. The molecule has 0 saturated heterocycles. The van der Waals surface area contributed by atoms with Crippen LogP contribution in [0.5, 0.6) is 0 Å². The first-order valence-corrected chi connectivity index (χ1v) is 6.24. The molecular formula is C12H28NO+. The van der Waals surface area contributed by atoms with Gasteiger partial charge in [-0.25, -0.2) is 5.21 Å². The minimum Gasteiger partial charge on any atom is -0.217 e. The van der Waals surface area contributed by atoms with Crippen molar-refractivity contribution in [2.45, 2.75) is 65.8 Å². The molecule has 0 fully saturated rings. The van der Waals surface area contributed by atoms with Gasteiger partial charge >= 0.3 is 0 Å². The molecule has 0 bridgehead atoms. The van der Waals surface area contributed by atoms with Crippen molar-refractivity contribution in [3.8, 4) is 0 Å². The van der Waals surface area contributed by atoms with Gasteiger partial charge in [-0.3, -0.25) is 0 Å². The molecular weight excluding hydrogens is 174 g/mol. The molecule has 2 heteroatoms. The lowest BCUT2D eigenvalue weighted by Gasteiger charge is -2.35. The fourth-order valence-electron chi connectivity index (χ4n) is 2.15. The Labute approximate surface area is 89.5 Å². The molecule has 86 valence electrons. The topological polar surface area (TPSA) is 20.2 Å². The van der Waals surface area contributed by atoms with E-state index < -0.39 is 0 Å². The van der Waals surface area contributed by atoms with Crippen LogP contribution in [0.3, 0.4) is 0 Å². The summed E-state index contributed by atoms with van der Waals surface area (Å²) in [4.78, 5) is 0. The summed E-state index contributed by atoms with van der Waals surface area (Å²) >= 11 is 0. The number of hydroxylamine groups is 3. The highest BCUT2D eigenvalue weighted by molar-refractivity contribution is 4.55. The van der Waals surface area contributed by atoms with Crippen molar-refractivity contribution in [3.63, 3.8) is 0 Å². The van der Waals surface area contributed by atoms with Crippen LogP contribution in [0.25, 0.3) is 0 Å². The van der Waals surface area contributed by atoms with Crippen molar-refractivity contribution < 1.29 is 9.85 Å². The zero-order valence-electron chi connectivity index (χ0n) is 10.4. The van der Waals surface area contributed by atoms with Gasteiger partial charge in [0.05, 0.1) is 0 Å². The molecule has 0 aliphatic rings. The monoisotopic (exact) mass is 202 g/mol. The zero-order chi connectivity index (χ0) is 11.0. The van der Waals surface area contributed by atoms with Gasteiger partial charge in [0, 0.05) is 6.42 Å². The van der Waals surface area contributed by atoms with Gasteiger partial charge in [0.1, 0.15) is 19.1 Å². The molecule has 1 unspecified atom stereocenters. The Balaban J connectivity index is 4.08. The quantitative estimate of drug-likeness (QED) is 0.362. The van der Waals surface area contributed by atoms with Gasteiger partial charge in [-0.15, -0.1) is 0 Å². The lowest BCUT2D eigenvalue weighted by Crippen LogP contribution is -2.52. The van der Waals surface area contributed by atoms with E-state index >= 15 is 0 Å². The second kappa shape index (κ2) is 7.24. The largest absolute Gasteiger partial charge is 0.217 e. The van der Waals surface area contributed by atoms with Crippen LogP contribution in [0.1, 0.15) is 59.8 Å². The van der Waals surface area contributed by atoms with Crippen LogP contribution in [0.15, 0.2) is 0 Å². The summed E-state index contributed by atoms with van der Waals surface area (Å²) in [6.07, 6.45) is 6.07. The lowest BCUT2D eigenvalue weighted by molar-refractivity contribution is -1.12. The number of rotatable bonds is 8. The minimum atomic E-state index is 0.264. The van der Waals surface area contributed by atoms with Crippen LogP contribution < -0.4 is 0 Å². The molecule has 0 heterocycles. The van der Waals surface area contributed by atoms with Gasteiger partial charge in [0.25, 0.3) is 0 Å². The van der Waals surface area contributed by atoms with E-state index in [-0.39, 0.29) is 4.65 Å². The second-order valence-corrected chi connectivity index (χ2v) is 4.18. The molecule has 14 heavy (non-hydrogen) atoms. The SMILES string of the molecule is CCCCCC(CC)[N+](O)(CC)CC. The summed E-state index contributed by atoms with van der Waals surface area (Å²) in [6.45, 7) is 10.2. The molecule has 0 rings (SSSR count). The van der Waals surface area contributed by atoms with E-state index in [1.165, 1.54) is 25.7 Å². The van der Waals surface area contributed by atoms with Crippen molar-refractivity contribution in [2.75, 3.05) is 13.1 Å². The van der Waals surface area contributed by atoms with E-state index in [0.717, 1.165) is 19.5 Å². The van der Waals surface area contributed by atoms with Gasteiger partial charge in [0.15, 0.2) is 0 Å². The van der Waals surface area contributed by atoms with Gasteiger partial charge in [-0.05, 0) is 26.7 Å². The van der Waals surface area contributed by atoms with Crippen molar-refractivity contribution in [3.05, 3.63) is 0 Å². The number of hydrogen-bond donors (Lipinski definition) is 1. The first-order valence-electron chi connectivity index (χ1n) is 6.24. The van der Waals surface area contributed by atoms with Crippen molar-refractivity contribution in [1.29, 1.82) is 0 Å². The van der Waals surface area contributed by atoms with E-state index in [2.05, 4.69) is 27.7 Å². The Morgan fingerprint density at radius 1 is 1.00 bits per heavy atom. The summed E-state index contributed by atoms with van der Waals surface area (Å²) in [6, 6.07) is 0.441. The van der Waals surface area contributed by atoms with Crippen LogP contribution in [0, 0.1) is 0 Å². The maximum absolute atomic E-state index is 10.3. The summed E-state index contributed by atoms with van der Waals surface area (Å²) < 4.78 is 0.264. The highest BCUT2D eigenvalue weighted by atomic mass is 16.5. The highest BCUT2D eigenvalue weighted by Crippen LogP contribution is 2.19. The highest BCUT2D eigenvalue weighted by Gasteiger charge is 2.30. The first kappa shape index (κ1) is 13.9. The van der Waals surface area contributed by atoms with Gasteiger partial charge < -0.3 is 0 Å². The summed E-state index contributed by atoms with van der Waals surface area (Å²) in [5, 5.41) is 10.3. The lowest BCUT2D eigenvalue weighted by atomic mass is 10.0. The van der Waals surface area contributed by atoms with Gasteiger partial charge in [-0.1, -0.05) is 26.7 Å². The Morgan fingerprint density at radius 2 is 1.57 bits per heavy atom. The van der Waals surface area contributed by atoms with Crippen LogP contribution >= 0.6 is 0 Å². The number of hydrogen-bond acceptors (Lipinski definition) is 1. The fraction of sp³-hybridized carbons (Fsp3) is 1.00. The van der Waals surface area contributed by atoms with E-state index in [1.807, 2.05) is 0 Å². The third-order valence-electron chi connectivity index (χ3n) is 3.39. The molecule has 0 aromatic carbocycles.